The van der Waals surface area contributed by atoms with Gasteiger partial charge in [-0.05, 0) is 31.4 Å². The molecular formula is C14H23FN2. The van der Waals surface area contributed by atoms with Crippen LogP contribution in [0.2, 0.25) is 0 Å². The van der Waals surface area contributed by atoms with Gasteiger partial charge in [0.05, 0.1) is 5.69 Å². The fourth-order valence-electron chi connectivity index (χ4n) is 2.29. The lowest BCUT2D eigenvalue weighted by Crippen LogP contribution is -2.32. The normalized spacial score (nSPS) is 12.9. The summed E-state index contributed by atoms with van der Waals surface area (Å²) in [6.45, 7) is 6.13. The minimum absolute atomic E-state index is 0.155. The van der Waals surface area contributed by atoms with Gasteiger partial charge in [0, 0.05) is 19.1 Å². The highest BCUT2D eigenvalue weighted by Gasteiger charge is 2.19. The molecule has 0 heterocycles. The third-order valence-electron chi connectivity index (χ3n) is 3.35. The molecule has 1 aromatic rings. The van der Waals surface area contributed by atoms with E-state index in [1.807, 2.05) is 24.9 Å². The summed E-state index contributed by atoms with van der Waals surface area (Å²) in [7, 11) is 1.95. The Bertz CT molecular complexity index is 359. The summed E-state index contributed by atoms with van der Waals surface area (Å²) in [5.74, 6) is -0.186. The lowest BCUT2D eigenvalue weighted by Gasteiger charge is -2.31. The van der Waals surface area contributed by atoms with Crippen molar-refractivity contribution in [2.75, 3.05) is 11.9 Å². The van der Waals surface area contributed by atoms with E-state index in [4.69, 9.17) is 5.73 Å². The molecule has 2 N–H and O–H groups in total. The number of nitrogens with two attached hydrogens (primary N) is 1. The van der Waals surface area contributed by atoms with Crippen LogP contribution in [-0.4, -0.2) is 13.1 Å². The van der Waals surface area contributed by atoms with Gasteiger partial charge >= 0.3 is 0 Å². The molecule has 0 aliphatic heterocycles. The maximum Gasteiger partial charge on any atom is 0.146 e. The van der Waals surface area contributed by atoms with Crippen LogP contribution in [0.4, 0.5) is 10.1 Å². The Labute approximate surface area is 104 Å². The molecule has 96 valence electrons. The Balaban J connectivity index is 3.19. The molecule has 1 aromatic carbocycles. The molecule has 0 aromatic heterocycles. The van der Waals surface area contributed by atoms with Crippen molar-refractivity contribution in [1.82, 2.24) is 0 Å². The summed E-state index contributed by atoms with van der Waals surface area (Å²) in [5.41, 5.74) is 7.43. The van der Waals surface area contributed by atoms with Gasteiger partial charge in [-0.1, -0.05) is 26.0 Å². The van der Waals surface area contributed by atoms with Crippen LogP contribution in [0.1, 0.15) is 45.2 Å². The molecular weight excluding hydrogens is 215 g/mol. The van der Waals surface area contributed by atoms with Gasteiger partial charge in [0.25, 0.3) is 0 Å². The number of halogens is 1. The molecule has 0 fully saturated rings. The molecule has 1 unspecified atom stereocenters. The molecule has 0 spiro atoms. The first-order valence-electron chi connectivity index (χ1n) is 6.29. The van der Waals surface area contributed by atoms with Gasteiger partial charge in [-0.25, -0.2) is 4.39 Å². The number of anilines is 1. The number of hydrogen-bond donors (Lipinski definition) is 1. The second-order valence-electron chi connectivity index (χ2n) is 4.55. The van der Waals surface area contributed by atoms with E-state index in [-0.39, 0.29) is 11.9 Å². The second kappa shape index (κ2) is 6.01. The van der Waals surface area contributed by atoms with Crippen molar-refractivity contribution in [3.63, 3.8) is 0 Å². The first kappa shape index (κ1) is 14.0. The number of para-hydroxylation sites is 1. The predicted octanol–water partition coefficient (Wildman–Crippen LogP) is 3.47. The van der Waals surface area contributed by atoms with Crippen LogP contribution in [0.5, 0.6) is 0 Å². The highest BCUT2D eigenvalue weighted by atomic mass is 19.1. The van der Waals surface area contributed by atoms with Gasteiger partial charge in [0.1, 0.15) is 5.82 Å². The molecule has 1 atom stereocenters. The van der Waals surface area contributed by atoms with Crippen molar-refractivity contribution in [2.24, 2.45) is 5.73 Å². The highest BCUT2D eigenvalue weighted by molar-refractivity contribution is 5.56. The van der Waals surface area contributed by atoms with Crippen LogP contribution in [0.25, 0.3) is 0 Å². The van der Waals surface area contributed by atoms with Crippen LogP contribution in [0, 0.1) is 5.82 Å². The molecule has 0 radical (unpaired) electrons. The van der Waals surface area contributed by atoms with Crippen LogP contribution in [0.15, 0.2) is 18.2 Å². The third kappa shape index (κ3) is 2.97. The van der Waals surface area contributed by atoms with E-state index in [9.17, 15) is 4.39 Å². The molecule has 0 amide bonds. The lowest BCUT2D eigenvalue weighted by atomic mass is 10.0. The lowest BCUT2D eigenvalue weighted by molar-refractivity contribution is 0.560. The smallest absolute Gasteiger partial charge is 0.146 e. The standard InChI is InChI=1S/C14H23FN2/c1-5-11(6-2)17(4)14-12(10(3)16)8-7-9-13(14)15/h7-11H,5-6,16H2,1-4H3. The van der Waals surface area contributed by atoms with Crippen molar-refractivity contribution < 1.29 is 4.39 Å². The predicted molar refractivity (Wildman–Crippen MR) is 71.8 cm³/mol. The zero-order valence-corrected chi connectivity index (χ0v) is 11.2. The van der Waals surface area contributed by atoms with Crippen molar-refractivity contribution in [1.29, 1.82) is 0 Å². The van der Waals surface area contributed by atoms with Gasteiger partial charge in [-0.15, -0.1) is 0 Å². The van der Waals surface area contributed by atoms with E-state index >= 15 is 0 Å². The van der Waals surface area contributed by atoms with Crippen molar-refractivity contribution >= 4 is 5.69 Å². The summed E-state index contributed by atoms with van der Waals surface area (Å²) < 4.78 is 14.0. The molecule has 1 rings (SSSR count). The molecule has 0 saturated heterocycles. The Morgan fingerprint density at radius 3 is 2.35 bits per heavy atom. The Morgan fingerprint density at radius 1 is 1.29 bits per heavy atom. The van der Waals surface area contributed by atoms with Gasteiger partial charge < -0.3 is 10.6 Å². The molecule has 0 bridgehead atoms. The zero-order valence-electron chi connectivity index (χ0n) is 11.2. The van der Waals surface area contributed by atoms with Gasteiger partial charge in [0.2, 0.25) is 0 Å². The van der Waals surface area contributed by atoms with Crippen molar-refractivity contribution in [2.45, 2.75) is 45.7 Å². The van der Waals surface area contributed by atoms with Crippen molar-refractivity contribution in [3.8, 4) is 0 Å². The summed E-state index contributed by atoms with van der Waals surface area (Å²) in [5, 5.41) is 0. The SMILES string of the molecule is CCC(CC)N(C)c1c(F)cccc1C(C)N. The minimum Gasteiger partial charge on any atom is -0.369 e. The summed E-state index contributed by atoms with van der Waals surface area (Å²) >= 11 is 0. The number of benzene rings is 1. The van der Waals surface area contributed by atoms with Crippen molar-refractivity contribution in [3.05, 3.63) is 29.6 Å². The molecule has 3 heteroatoms. The fourth-order valence-corrected chi connectivity index (χ4v) is 2.29. The molecule has 0 aliphatic carbocycles. The highest BCUT2D eigenvalue weighted by Crippen LogP contribution is 2.30. The topological polar surface area (TPSA) is 29.3 Å². The first-order valence-corrected chi connectivity index (χ1v) is 6.29. The average Bonchev–Trinajstić information content (AvgIpc) is 2.29. The average molecular weight is 238 g/mol. The second-order valence-corrected chi connectivity index (χ2v) is 4.55. The maximum atomic E-state index is 14.0. The summed E-state index contributed by atoms with van der Waals surface area (Å²) in [4.78, 5) is 2.02. The Kier molecular flexibility index (Phi) is 4.94. The van der Waals surface area contributed by atoms with Crippen LogP contribution in [-0.2, 0) is 0 Å². The van der Waals surface area contributed by atoms with E-state index in [0.29, 0.717) is 11.7 Å². The Hall–Kier alpha value is -1.09. The van der Waals surface area contributed by atoms with Crippen LogP contribution in [0.3, 0.4) is 0 Å². The van der Waals surface area contributed by atoms with E-state index in [1.54, 1.807) is 6.07 Å². The van der Waals surface area contributed by atoms with E-state index in [0.717, 1.165) is 18.4 Å². The molecule has 0 saturated carbocycles. The number of rotatable bonds is 5. The monoisotopic (exact) mass is 238 g/mol. The number of hydrogen-bond acceptors (Lipinski definition) is 2. The molecule has 2 nitrogen and oxygen atoms in total. The quantitative estimate of drug-likeness (QED) is 0.851. The zero-order chi connectivity index (χ0) is 13.0. The van der Waals surface area contributed by atoms with Crippen LogP contribution < -0.4 is 10.6 Å². The first-order chi connectivity index (χ1) is 8.02. The van der Waals surface area contributed by atoms with Gasteiger partial charge in [-0.2, -0.15) is 0 Å². The van der Waals surface area contributed by atoms with E-state index < -0.39 is 0 Å². The number of nitrogens with zero attached hydrogens (tertiary/aromatic N) is 1. The van der Waals surface area contributed by atoms with E-state index in [1.165, 1.54) is 6.07 Å². The van der Waals surface area contributed by atoms with E-state index in [2.05, 4.69) is 13.8 Å². The molecule has 17 heavy (non-hydrogen) atoms. The largest absolute Gasteiger partial charge is 0.369 e. The fraction of sp³-hybridized carbons (Fsp3) is 0.571. The van der Waals surface area contributed by atoms with Gasteiger partial charge in [-0.3, -0.25) is 0 Å². The van der Waals surface area contributed by atoms with Gasteiger partial charge in [0.15, 0.2) is 0 Å². The van der Waals surface area contributed by atoms with Crippen LogP contribution >= 0.6 is 0 Å². The molecule has 0 aliphatic rings. The Morgan fingerprint density at radius 2 is 1.88 bits per heavy atom. The maximum absolute atomic E-state index is 14.0. The summed E-state index contributed by atoms with van der Waals surface area (Å²) in [6.07, 6.45) is 2.00. The summed E-state index contributed by atoms with van der Waals surface area (Å²) in [6, 6.07) is 5.32. The third-order valence-corrected chi connectivity index (χ3v) is 3.35. The minimum atomic E-state index is -0.186.